The molecular formula is C14H18ClNO. The van der Waals surface area contributed by atoms with Crippen molar-refractivity contribution in [2.75, 3.05) is 0 Å². The number of nitrogens with one attached hydrogen (secondary N) is 1. The highest BCUT2D eigenvalue weighted by atomic mass is 35.5. The second kappa shape index (κ2) is 5.54. The maximum absolute atomic E-state index is 12.0. The molecule has 1 aromatic rings. The van der Waals surface area contributed by atoms with Crippen LogP contribution in [0.5, 0.6) is 0 Å². The number of hydrogen-bond acceptors (Lipinski definition) is 1. The van der Waals surface area contributed by atoms with Crippen molar-refractivity contribution in [1.82, 2.24) is 5.32 Å². The molecule has 2 nitrogen and oxygen atoms in total. The first-order chi connectivity index (χ1) is 8.16. The third kappa shape index (κ3) is 3.22. The SMILES string of the molecule is C[C@@H]1CCCC[C@H]1NC(=O)c1cccc(Cl)c1. The van der Waals surface area contributed by atoms with Crippen molar-refractivity contribution >= 4 is 17.5 Å². The molecule has 0 spiro atoms. The largest absolute Gasteiger partial charge is 0.349 e. The van der Waals surface area contributed by atoms with E-state index in [-0.39, 0.29) is 5.91 Å². The van der Waals surface area contributed by atoms with E-state index in [0.717, 1.165) is 6.42 Å². The Kier molecular flexibility index (Phi) is 4.06. The van der Waals surface area contributed by atoms with Gasteiger partial charge in [-0.15, -0.1) is 0 Å². The normalized spacial score (nSPS) is 24.4. The van der Waals surface area contributed by atoms with Crippen LogP contribution in [0.1, 0.15) is 43.0 Å². The minimum Gasteiger partial charge on any atom is -0.349 e. The van der Waals surface area contributed by atoms with Gasteiger partial charge in [0.1, 0.15) is 0 Å². The Bertz CT molecular complexity index is 405. The summed E-state index contributed by atoms with van der Waals surface area (Å²) < 4.78 is 0. The highest BCUT2D eigenvalue weighted by molar-refractivity contribution is 6.30. The summed E-state index contributed by atoms with van der Waals surface area (Å²) in [4.78, 5) is 12.0. The number of carbonyl (C=O) groups is 1. The molecule has 0 aromatic heterocycles. The van der Waals surface area contributed by atoms with Gasteiger partial charge in [-0.1, -0.05) is 37.4 Å². The van der Waals surface area contributed by atoms with Crippen LogP contribution < -0.4 is 5.32 Å². The lowest BCUT2D eigenvalue weighted by atomic mass is 9.86. The van der Waals surface area contributed by atoms with Crippen molar-refractivity contribution < 1.29 is 4.79 Å². The first-order valence-electron chi connectivity index (χ1n) is 6.23. The lowest BCUT2D eigenvalue weighted by molar-refractivity contribution is 0.0910. The number of benzene rings is 1. The van der Waals surface area contributed by atoms with E-state index in [1.165, 1.54) is 19.3 Å². The summed E-state index contributed by atoms with van der Waals surface area (Å²) in [6.45, 7) is 2.21. The zero-order valence-electron chi connectivity index (χ0n) is 10.1. The van der Waals surface area contributed by atoms with Gasteiger partial charge in [-0.05, 0) is 37.0 Å². The smallest absolute Gasteiger partial charge is 0.251 e. The molecule has 2 rings (SSSR count). The number of hydrogen-bond donors (Lipinski definition) is 1. The molecule has 1 aromatic carbocycles. The molecule has 3 heteroatoms. The molecule has 1 amide bonds. The van der Waals surface area contributed by atoms with Crippen molar-refractivity contribution in [3.05, 3.63) is 34.9 Å². The third-order valence-electron chi connectivity index (χ3n) is 3.51. The molecule has 0 saturated heterocycles. The highest BCUT2D eigenvalue weighted by Crippen LogP contribution is 2.24. The van der Waals surface area contributed by atoms with Crippen LogP contribution in [0.4, 0.5) is 0 Å². The molecule has 1 aliphatic carbocycles. The fourth-order valence-corrected chi connectivity index (χ4v) is 2.60. The average Bonchev–Trinajstić information content (AvgIpc) is 2.32. The molecule has 1 fully saturated rings. The Labute approximate surface area is 107 Å². The van der Waals surface area contributed by atoms with Gasteiger partial charge >= 0.3 is 0 Å². The zero-order chi connectivity index (χ0) is 12.3. The molecule has 0 unspecified atom stereocenters. The molecule has 1 N–H and O–H groups in total. The van der Waals surface area contributed by atoms with Gasteiger partial charge in [-0.2, -0.15) is 0 Å². The third-order valence-corrected chi connectivity index (χ3v) is 3.75. The van der Waals surface area contributed by atoms with E-state index in [0.29, 0.717) is 22.5 Å². The Morgan fingerprint density at radius 1 is 1.35 bits per heavy atom. The molecule has 92 valence electrons. The van der Waals surface area contributed by atoms with Crippen LogP contribution in [0, 0.1) is 5.92 Å². The van der Waals surface area contributed by atoms with Crippen molar-refractivity contribution in [3.8, 4) is 0 Å². The van der Waals surface area contributed by atoms with Gasteiger partial charge < -0.3 is 5.32 Å². The summed E-state index contributed by atoms with van der Waals surface area (Å²) in [5.41, 5.74) is 0.648. The summed E-state index contributed by atoms with van der Waals surface area (Å²) in [6.07, 6.45) is 4.80. The standard InChI is InChI=1S/C14H18ClNO/c1-10-5-2-3-8-13(10)16-14(17)11-6-4-7-12(15)9-11/h4,6-7,9-10,13H,2-3,5,8H2,1H3,(H,16,17)/t10-,13-/m1/s1. The zero-order valence-corrected chi connectivity index (χ0v) is 10.8. The monoisotopic (exact) mass is 251 g/mol. The van der Waals surface area contributed by atoms with Gasteiger partial charge in [0.2, 0.25) is 0 Å². The molecule has 0 aliphatic heterocycles. The Morgan fingerprint density at radius 2 is 2.12 bits per heavy atom. The minimum absolute atomic E-state index is 0.00810. The summed E-state index contributed by atoms with van der Waals surface area (Å²) in [7, 11) is 0. The molecule has 1 saturated carbocycles. The number of rotatable bonds is 2. The first kappa shape index (κ1) is 12.4. The van der Waals surface area contributed by atoms with Gasteiger partial charge in [0.25, 0.3) is 5.91 Å². The van der Waals surface area contributed by atoms with Crippen LogP contribution in [-0.2, 0) is 0 Å². The van der Waals surface area contributed by atoms with E-state index in [4.69, 9.17) is 11.6 Å². The van der Waals surface area contributed by atoms with Crippen LogP contribution in [0.3, 0.4) is 0 Å². The van der Waals surface area contributed by atoms with Crippen molar-refractivity contribution in [3.63, 3.8) is 0 Å². The molecule has 2 atom stereocenters. The highest BCUT2D eigenvalue weighted by Gasteiger charge is 2.23. The summed E-state index contributed by atoms with van der Waals surface area (Å²) in [5.74, 6) is 0.568. The average molecular weight is 252 g/mol. The Hall–Kier alpha value is -1.02. The van der Waals surface area contributed by atoms with E-state index < -0.39 is 0 Å². The van der Waals surface area contributed by atoms with Crippen molar-refractivity contribution in [2.24, 2.45) is 5.92 Å². The van der Waals surface area contributed by atoms with E-state index in [1.54, 1.807) is 18.2 Å². The van der Waals surface area contributed by atoms with Gasteiger partial charge in [-0.25, -0.2) is 0 Å². The van der Waals surface area contributed by atoms with Gasteiger partial charge in [0, 0.05) is 16.6 Å². The van der Waals surface area contributed by atoms with E-state index in [9.17, 15) is 4.79 Å². The molecular weight excluding hydrogens is 234 g/mol. The van der Waals surface area contributed by atoms with Crippen LogP contribution in [0.25, 0.3) is 0 Å². The topological polar surface area (TPSA) is 29.1 Å². The first-order valence-corrected chi connectivity index (χ1v) is 6.61. The number of amides is 1. The maximum Gasteiger partial charge on any atom is 0.251 e. The minimum atomic E-state index is -0.00810. The lowest BCUT2D eigenvalue weighted by Crippen LogP contribution is -2.41. The fraction of sp³-hybridized carbons (Fsp3) is 0.500. The number of halogens is 1. The van der Waals surface area contributed by atoms with Gasteiger partial charge in [0.05, 0.1) is 0 Å². The van der Waals surface area contributed by atoms with E-state index in [1.807, 2.05) is 6.07 Å². The van der Waals surface area contributed by atoms with Crippen LogP contribution in [0.15, 0.2) is 24.3 Å². The van der Waals surface area contributed by atoms with E-state index in [2.05, 4.69) is 12.2 Å². The quantitative estimate of drug-likeness (QED) is 0.854. The second-order valence-corrected chi connectivity index (χ2v) is 5.29. The fourth-order valence-electron chi connectivity index (χ4n) is 2.41. The van der Waals surface area contributed by atoms with Crippen LogP contribution in [-0.4, -0.2) is 11.9 Å². The van der Waals surface area contributed by atoms with Gasteiger partial charge in [0.15, 0.2) is 0 Å². The molecule has 0 bridgehead atoms. The lowest BCUT2D eigenvalue weighted by Gasteiger charge is -2.29. The predicted octanol–water partition coefficient (Wildman–Crippen LogP) is 3.65. The second-order valence-electron chi connectivity index (χ2n) is 4.85. The molecule has 0 radical (unpaired) electrons. The summed E-state index contributed by atoms with van der Waals surface area (Å²) in [6, 6.07) is 7.41. The molecule has 0 heterocycles. The Morgan fingerprint density at radius 3 is 2.82 bits per heavy atom. The molecule has 1 aliphatic rings. The number of carbonyl (C=O) groups excluding carboxylic acids is 1. The summed E-state index contributed by atoms with van der Waals surface area (Å²) >= 11 is 5.88. The van der Waals surface area contributed by atoms with E-state index >= 15 is 0 Å². The van der Waals surface area contributed by atoms with Crippen LogP contribution in [0.2, 0.25) is 5.02 Å². The maximum atomic E-state index is 12.0. The van der Waals surface area contributed by atoms with Crippen molar-refractivity contribution in [2.45, 2.75) is 38.6 Å². The predicted molar refractivity (Wildman–Crippen MR) is 70.3 cm³/mol. The Balaban J connectivity index is 2.01. The summed E-state index contributed by atoms with van der Waals surface area (Å²) in [5, 5.41) is 3.72. The van der Waals surface area contributed by atoms with Crippen LogP contribution >= 0.6 is 11.6 Å². The van der Waals surface area contributed by atoms with Gasteiger partial charge in [-0.3, -0.25) is 4.79 Å². The molecule has 17 heavy (non-hydrogen) atoms. The van der Waals surface area contributed by atoms with Crippen molar-refractivity contribution in [1.29, 1.82) is 0 Å².